The predicted octanol–water partition coefficient (Wildman–Crippen LogP) is 3.30. The van der Waals surface area contributed by atoms with Crippen LogP contribution < -0.4 is 5.32 Å². The summed E-state index contributed by atoms with van der Waals surface area (Å²) in [4.78, 5) is 16.2. The fraction of sp³-hybridized carbons (Fsp3) is 0.273. The molecule has 1 amide bonds. The van der Waals surface area contributed by atoms with E-state index in [4.69, 9.17) is 4.42 Å². The number of aryl methyl sites for hydroxylation is 1. The summed E-state index contributed by atoms with van der Waals surface area (Å²) in [6, 6.07) is 1.52. The molecule has 0 saturated heterocycles. The monoisotopic (exact) mass is 314 g/mol. The van der Waals surface area contributed by atoms with E-state index >= 15 is 0 Å². The molecule has 1 N–H and O–H groups in total. The Balaban J connectivity index is 2.07. The van der Waals surface area contributed by atoms with Crippen molar-refractivity contribution in [2.75, 3.05) is 0 Å². The highest BCUT2D eigenvalue weighted by atomic mass is 79.9. The molecular weight excluding hydrogens is 304 g/mol. The second-order valence-electron chi connectivity index (χ2n) is 3.63. The third-order valence-corrected chi connectivity index (χ3v) is 3.98. The van der Waals surface area contributed by atoms with Gasteiger partial charge in [-0.2, -0.15) is 0 Å². The maximum atomic E-state index is 11.9. The van der Waals surface area contributed by atoms with Crippen LogP contribution in [0, 0.1) is 6.92 Å². The molecule has 6 heteroatoms. The number of nitrogens with zero attached hydrogens (tertiary/aromatic N) is 1. The first-order valence-electron chi connectivity index (χ1n) is 5.04. The molecule has 17 heavy (non-hydrogen) atoms. The first-order chi connectivity index (χ1) is 8.08. The lowest BCUT2D eigenvalue weighted by Gasteiger charge is -2.10. The molecule has 0 bridgehead atoms. The van der Waals surface area contributed by atoms with Gasteiger partial charge in [-0.05, 0) is 35.8 Å². The Kier molecular flexibility index (Phi) is 3.63. The molecule has 2 heterocycles. The smallest absolute Gasteiger partial charge is 0.256 e. The number of amides is 1. The maximum Gasteiger partial charge on any atom is 0.256 e. The molecule has 2 rings (SSSR count). The van der Waals surface area contributed by atoms with Crippen molar-refractivity contribution < 1.29 is 9.21 Å². The summed E-state index contributed by atoms with van der Waals surface area (Å²) in [7, 11) is 0. The number of hydrogen-bond donors (Lipinski definition) is 1. The highest BCUT2D eigenvalue weighted by Crippen LogP contribution is 2.21. The van der Waals surface area contributed by atoms with Crippen LogP contribution in [0.3, 0.4) is 0 Å². The van der Waals surface area contributed by atoms with Crippen molar-refractivity contribution in [3.05, 3.63) is 38.6 Å². The number of furan rings is 1. The van der Waals surface area contributed by atoms with Crippen LogP contribution in [0.1, 0.15) is 34.0 Å². The standard InChI is InChI=1S/C11H11BrN2O2S/c1-6-5-17-11(13-6)7(2)14-10(15)8-3-4-16-9(8)12/h3-5,7H,1-2H3,(H,14,15). The molecule has 0 saturated carbocycles. The molecular formula is C11H11BrN2O2S. The van der Waals surface area contributed by atoms with E-state index in [9.17, 15) is 4.79 Å². The first-order valence-corrected chi connectivity index (χ1v) is 6.71. The summed E-state index contributed by atoms with van der Waals surface area (Å²) < 4.78 is 5.46. The Labute approximate surface area is 111 Å². The van der Waals surface area contributed by atoms with Gasteiger partial charge in [0.25, 0.3) is 5.91 Å². The number of hydrogen-bond acceptors (Lipinski definition) is 4. The molecule has 0 aliphatic carbocycles. The van der Waals surface area contributed by atoms with Crippen molar-refractivity contribution in [2.24, 2.45) is 0 Å². The lowest BCUT2D eigenvalue weighted by Crippen LogP contribution is -2.26. The Morgan fingerprint density at radius 2 is 2.41 bits per heavy atom. The third kappa shape index (κ3) is 2.76. The quantitative estimate of drug-likeness (QED) is 0.945. The van der Waals surface area contributed by atoms with E-state index in [-0.39, 0.29) is 11.9 Å². The van der Waals surface area contributed by atoms with Crippen LogP contribution in [-0.2, 0) is 0 Å². The minimum atomic E-state index is -0.175. The number of rotatable bonds is 3. The average molecular weight is 315 g/mol. The fourth-order valence-electron chi connectivity index (χ4n) is 1.36. The van der Waals surface area contributed by atoms with Crippen LogP contribution in [0.5, 0.6) is 0 Å². The third-order valence-electron chi connectivity index (χ3n) is 2.22. The van der Waals surface area contributed by atoms with Gasteiger partial charge in [0.2, 0.25) is 0 Å². The average Bonchev–Trinajstić information content (AvgIpc) is 2.86. The summed E-state index contributed by atoms with van der Waals surface area (Å²) in [6.07, 6.45) is 1.47. The maximum absolute atomic E-state index is 11.9. The molecule has 0 fully saturated rings. The van der Waals surface area contributed by atoms with E-state index in [1.807, 2.05) is 19.2 Å². The molecule has 2 aromatic rings. The van der Waals surface area contributed by atoms with E-state index in [1.54, 1.807) is 17.4 Å². The molecule has 90 valence electrons. The van der Waals surface area contributed by atoms with E-state index in [1.165, 1.54) is 6.26 Å². The van der Waals surface area contributed by atoms with Crippen molar-refractivity contribution in [3.63, 3.8) is 0 Å². The molecule has 1 unspecified atom stereocenters. The topological polar surface area (TPSA) is 55.1 Å². The normalized spacial score (nSPS) is 12.4. The number of halogens is 1. The van der Waals surface area contributed by atoms with Crippen molar-refractivity contribution in [2.45, 2.75) is 19.9 Å². The SMILES string of the molecule is Cc1csc(C(C)NC(=O)c2ccoc2Br)n1. The molecule has 0 aliphatic rings. The molecule has 1 atom stereocenters. The Bertz CT molecular complexity index is 535. The second-order valence-corrected chi connectivity index (χ2v) is 5.24. The van der Waals surface area contributed by atoms with Gasteiger partial charge in [-0.1, -0.05) is 0 Å². The van der Waals surface area contributed by atoms with Crippen LogP contribution in [0.4, 0.5) is 0 Å². The summed E-state index contributed by atoms with van der Waals surface area (Å²) in [5, 5.41) is 5.73. The minimum Gasteiger partial charge on any atom is -0.457 e. The minimum absolute atomic E-state index is 0.108. The van der Waals surface area contributed by atoms with Gasteiger partial charge in [0.15, 0.2) is 4.67 Å². The van der Waals surface area contributed by atoms with Gasteiger partial charge in [-0.3, -0.25) is 4.79 Å². The fourth-order valence-corrected chi connectivity index (χ4v) is 2.59. The number of carbonyl (C=O) groups is 1. The van der Waals surface area contributed by atoms with E-state index < -0.39 is 0 Å². The number of thiazole rings is 1. The highest BCUT2D eigenvalue weighted by molar-refractivity contribution is 9.10. The van der Waals surface area contributed by atoms with E-state index in [0.29, 0.717) is 10.2 Å². The largest absolute Gasteiger partial charge is 0.457 e. The van der Waals surface area contributed by atoms with Crippen molar-refractivity contribution in [3.8, 4) is 0 Å². The van der Waals surface area contributed by atoms with Gasteiger partial charge in [0.05, 0.1) is 17.9 Å². The summed E-state index contributed by atoms with van der Waals surface area (Å²) in [5.41, 5.74) is 1.46. The molecule has 0 aliphatic heterocycles. The van der Waals surface area contributed by atoms with Gasteiger partial charge >= 0.3 is 0 Å². The van der Waals surface area contributed by atoms with Gasteiger partial charge in [0, 0.05) is 11.1 Å². The molecule has 0 aromatic carbocycles. The molecule has 0 radical (unpaired) electrons. The van der Waals surface area contributed by atoms with E-state index in [0.717, 1.165) is 10.7 Å². The van der Waals surface area contributed by atoms with E-state index in [2.05, 4.69) is 26.2 Å². The van der Waals surface area contributed by atoms with Crippen molar-refractivity contribution >= 4 is 33.2 Å². The lowest BCUT2D eigenvalue weighted by atomic mass is 10.3. The summed E-state index contributed by atoms with van der Waals surface area (Å²) in [5.74, 6) is -0.175. The van der Waals surface area contributed by atoms with Crippen molar-refractivity contribution in [1.82, 2.24) is 10.3 Å². The van der Waals surface area contributed by atoms with Crippen LogP contribution in [0.25, 0.3) is 0 Å². The van der Waals surface area contributed by atoms with Gasteiger partial charge < -0.3 is 9.73 Å². The molecule has 4 nitrogen and oxygen atoms in total. The Morgan fingerprint density at radius 3 is 2.94 bits per heavy atom. The van der Waals surface area contributed by atoms with Crippen LogP contribution in [-0.4, -0.2) is 10.9 Å². The van der Waals surface area contributed by atoms with Crippen LogP contribution in [0.15, 0.2) is 26.8 Å². The predicted molar refractivity (Wildman–Crippen MR) is 69.1 cm³/mol. The van der Waals surface area contributed by atoms with Gasteiger partial charge in [-0.15, -0.1) is 11.3 Å². The number of aromatic nitrogens is 1. The summed E-state index contributed by atoms with van der Waals surface area (Å²) in [6.45, 7) is 3.84. The highest BCUT2D eigenvalue weighted by Gasteiger charge is 2.17. The number of carbonyl (C=O) groups excluding carboxylic acids is 1. The molecule has 2 aromatic heterocycles. The zero-order chi connectivity index (χ0) is 12.4. The Hall–Kier alpha value is -1.14. The van der Waals surface area contributed by atoms with Gasteiger partial charge in [0.1, 0.15) is 5.01 Å². The first kappa shape index (κ1) is 12.3. The summed E-state index contributed by atoms with van der Waals surface area (Å²) >= 11 is 4.72. The lowest BCUT2D eigenvalue weighted by molar-refractivity contribution is 0.0938. The second kappa shape index (κ2) is 5.01. The zero-order valence-corrected chi connectivity index (χ0v) is 11.8. The zero-order valence-electron chi connectivity index (χ0n) is 9.36. The Morgan fingerprint density at radius 1 is 1.65 bits per heavy atom. The number of nitrogens with one attached hydrogen (secondary N) is 1. The van der Waals surface area contributed by atoms with Crippen LogP contribution in [0.2, 0.25) is 0 Å². The van der Waals surface area contributed by atoms with Gasteiger partial charge in [-0.25, -0.2) is 4.98 Å². The van der Waals surface area contributed by atoms with Crippen molar-refractivity contribution in [1.29, 1.82) is 0 Å². The molecule has 0 spiro atoms. The van der Waals surface area contributed by atoms with Crippen LogP contribution >= 0.6 is 27.3 Å².